The third-order valence-corrected chi connectivity index (χ3v) is 5.03. The summed E-state index contributed by atoms with van der Waals surface area (Å²) in [6.07, 6.45) is 0. The number of rotatable bonds is 5. The number of aryl methyl sites for hydroxylation is 1. The van der Waals surface area contributed by atoms with Crippen molar-refractivity contribution in [3.63, 3.8) is 0 Å². The van der Waals surface area contributed by atoms with Crippen molar-refractivity contribution in [2.24, 2.45) is 0 Å². The molecule has 0 radical (unpaired) electrons. The lowest BCUT2D eigenvalue weighted by Gasteiger charge is -2.04. The average molecular weight is 359 g/mol. The van der Waals surface area contributed by atoms with E-state index in [0.29, 0.717) is 10.2 Å². The SMILES string of the molecule is Cc1ccc(-c2nsc(SCC(=O)Nc3ccccc3F)n2)cc1. The van der Waals surface area contributed by atoms with Gasteiger partial charge >= 0.3 is 0 Å². The molecule has 0 bridgehead atoms. The molecular formula is C17H14FN3OS2. The van der Waals surface area contributed by atoms with E-state index in [2.05, 4.69) is 14.7 Å². The first-order valence-electron chi connectivity index (χ1n) is 7.20. The normalized spacial score (nSPS) is 10.6. The van der Waals surface area contributed by atoms with Gasteiger partial charge in [0.2, 0.25) is 5.91 Å². The molecule has 3 aromatic rings. The largest absolute Gasteiger partial charge is 0.323 e. The molecule has 0 spiro atoms. The molecule has 0 saturated carbocycles. The molecule has 1 N–H and O–H groups in total. The van der Waals surface area contributed by atoms with Crippen LogP contribution in [0.3, 0.4) is 0 Å². The fourth-order valence-corrected chi connectivity index (χ4v) is 3.38. The Morgan fingerprint density at radius 3 is 2.71 bits per heavy atom. The lowest BCUT2D eigenvalue weighted by atomic mass is 10.1. The number of para-hydroxylation sites is 1. The fourth-order valence-electron chi connectivity index (χ4n) is 1.96. The monoisotopic (exact) mass is 359 g/mol. The van der Waals surface area contributed by atoms with Crippen molar-refractivity contribution >= 4 is 34.9 Å². The van der Waals surface area contributed by atoms with Gasteiger partial charge in [-0.15, -0.1) is 0 Å². The second kappa shape index (κ2) is 7.55. The van der Waals surface area contributed by atoms with Crippen LogP contribution in [0.2, 0.25) is 0 Å². The molecule has 0 saturated heterocycles. The number of hydrogen-bond donors (Lipinski definition) is 1. The zero-order valence-electron chi connectivity index (χ0n) is 12.8. The number of nitrogens with one attached hydrogen (secondary N) is 1. The zero-order valence-corrected chi connectivity index (χ0v) is 14.5. The molecule has 0 aliphatic rings. The van der Waals surface area contributed by atoms with Crippen LogP contribution in [0.5, 0.6) is 0 Å². The van der Waals surface area contributed by atoms with E-state index in [-0.39, 0.29) is 17.3 Å². The Kier molecular flexibility index (Phi) is 5.22. The van der Waals surface area contributed by atoms with E-state index in [0.717, 1.165) is 5.56 Å². The van der Waals surface area contributed by atoms with Crippen molar-refractivity contribution in [3.8, 4) is 11.4 Å². The van der Waals surface area contributed by atoms with Crippen LogP contribution in [0, 0.1) is 12.7 Å². The van der Waals surface area contributed by atoms with E-state index < -0.39 is 5.82 Å². The molecule has 0 aliphatic heterocycles. The molecule has 3 rings (SSSR count). The van der Waals surface area contributed by atoms with Gasteiger partial charge in [0.15, 0.2) is 10.2 Å². The molecule has 122 valence electrons. The van der Waals surface area contributed by atoms with Crippen LogP contribution >= 0.6 is 23.3 Å². The summed E-state index contributed by atoms with van der Waals surface area (Å²) < 4.78 is 18.5. The Morgan fingerprint density at radius 2 is 1.96 bits per heavy atom. The number of halogens is 1. The van der Waals surface area contributed by atoms with Crippen LogP contribution in [0.15, 0.2) is 52.9 Å². The highest BCUT2D eigenvalue weighted by Crippen LogP contribution is 2.25. The third kappa shape index (κ3) is 4.18. The van der Waals surface area contributed by atoms with Crippen LogP contribution in [0.25, 0.3) is 11.4 Å². The minimum absolute atomic E-state index is 0.150. The quantitative estimate of drug-likeness (QED) is 0.687. The number of hydrogen-bond acceptors (Lipinski definition) is 5. The highest BCUT2D eigenvalue weighted by Gasteiger charge is 2.11. The molecule has 0 atom stereocenters. The van der Waals surface area contributed by atoms with E-state index in [1.807, 2.05) is 31.2 Å². The molecule has 0 fully saturated rings. The number of thioether (sulfide) groups is 1. The molecule has 0 aliphatic carbocycles. The van der Waals surface area contributed by atoms with Gasteiger partial charge in [0.25, 0.3) is 0 Å². The number of carbonyl (C=O) groups is 1. The highest BCUT2D eigenvalue weighted by atomic mass is 32.2. The predicted molar refractivity (Wildman–Crippen MR) is 95.8 cm³/mol. The Bertz CT molecular complexity index is 849. The smallest absolute Gasteiger partial charge is 0.234 e. The lowest BCUT2D eigenvalue weighted by molar-refractivity contribution is -0.113. The fraction of sp³-hybridized carbons (Fsp3) is 0.118. The van der Waals surface area contributed by atoms with Gasteiger partial charge in [-0.3, -0.25) is 4.79 Å². The number of benzene rings is 2. The van der Waals surface area contributed by atoms with Gasteiger partial charge in [-0.2, -0.15) is 4.37 Å². The maximum Gasteiger partial charge on any atom is 0.234 e. The Labute approximate surface area is 147 Å². The van der Waals surface area contributed by atoms with Crippen LogP contribution in [0.4, 0.5) is 10.1 Å². The van der Waals surface area contributed by atoms with Crippen LogP contribution in [-0.2, 0) is 4.79 Å². The summed E-state index contributed by atoms with van der Waals surface area (Å²) in [6, 6.07) is 14.0. The summed E-state index contributed by atoms with van der Waals surface area (Å²) in [5.74, 6) is 0.0688. The average Bonchev–Trinajstić information content (AvgIpc) is 3.05. The summed E-state index contributed by atoms with van der Waals surface area (Å²) in [6.45, 7) is 2.02. The van der Waals surface area contributed by atoms with E-state index in [9.17, 15) is 9.18 Å². The molecular weight excluding hydrogens is 345 g/mol. The van der Waals surface area contributed by atoms with E-state index in [1.54, 1.807) is 12.1 Å². The molecule has 0 unspecified atom stereocenters. The first-order chi connectivity index (χ1) is 11.6. The van der Waals surface area contributed by atoms with Crippen molar-refractivity contribution < 1.29 is 9.18 Å². The predicted octanol–water partition coefficient (Wildman–Crippen LogP) is 4.38. The van der Waals surface area contributed by atoms with E-state index >= 15 is 0 Å². The number of aromatic nitrogens is 2. The van der Waals surface area contributed by atoms with Crippen LogP contribution in [-0.4, -0.2) is 21.0 Å². The van der Waals surface area contributed by atoms with Crippen molar-refractivity contribution in [3.05, 3.63) is 59.9 Å². The molecule has 1 amide bonds. The topological polar surface area (TPSA) is 54.9 Å². The van der Waals surface area contributed by atoms with Gasteiger partial charge in [0.05, 0.1) is 11.4 Å². The minimum atomic E-state index is -0.451. The Morgan fingerprint density at radius 1 is 1.21 bits per heavy atom. The van der Waals surface area contributed by atoms with Crippen molar-refractivity contribution in [2.45, 2.75) is 11.3 Å². The van der Waals surface area contributed by atoms with Crippen LogP contribution in [0.1, 0.15) is 5.56 Å². The van der Waals surface area contributed by atoms with Gasteiger partial charge < -0.3 is 5.32 Å². The summed E-state index contributed by atoms with van der Waals surface area (Å²) in [5.41, 5.74) is 2.30. The summed E-state index contributed by atoms with van der Waals surface area (Å²) in [4.78, 5) is 16.3. The second-order valence-electron chi connectivity index (χ2n) is 5.07. The van der Waals surface area contributed by atoms with E-state index in [4.69, 9.17) is 0 Å². The molecule has 1 aromatic heterocycles. The molecule has 2 aromatic carbocycles. The van der Waals surface area contributed by atoms with Crippen LogP contribution < -0.4 is 5.32 Å². The minimum Gasteiger partial charge on any atom is -0.323 e. The molecule has 4 nitrogen and oxygen atoms in total. The summed E-state index contributed by atoms with van der Waals surface area (Å²) in [7, 11) is 0. The lowest BCUT2D eigenvalue weighted by Crippen LogP contribution is -2.14. The molecule has 1 heterocycles. The number of nitrogens with zero attached hydrogens (tertiary/aromatic N) is 2. The zero-order chi connectivity index (χ0) is 16.9. The van der Waals surface area contributed by atoms with Gasteiger partial charge in [0, 0.05) is 5.56 Å². The number of carbonyl (C=O) groups excluding carboxylic acids is 1. The first kappa shape index (κ1) is 16.6. The first-order valence-corrected chi connectivity index (χ1v) is 8.95. The number of anilines is 1. The van der Waals surface area contributed by atoms with E-state index in [1.165, 1.54) is 41.0 Å². The van der Waals surface area contributed by atoms with Crippen molar-refractivity contribution in [1.82, 2.24) is 9.36 Å². The standard InChI is InChI=1S/C17H14FN3OS2/c1-11-6-8-12(9-7-11)16-20-17(24-21-16)23-10-15(22)19-14-5-3-2-4-13(14)18/h2-9H,10H2,1H3,(H,19,22). The highest BCUT2D eigenvalue weighted by molar-refractivity contribution is 8.01. The van der Waals surface area contributed by atoms with Gasteiger partial charge in [-0.05, 0) is 30.6 Å². The summed E-state index contributed by atoms with van der Waals surface area (Å²) in [5, 5.41) is 2.55. The number of amides is 1. The Balaban J connectivity index is 1.58. The van der Waals surface area contributed by atoms with Gasteiger partial charge in [0.1, 0.15) is 5.82 Å². The third-order valence-electron chi connectivity index (χ3n) is 3.19. The van der Waals surface area contributed by atoms with Gasteiger partial charge in [-0.1, -0.05) is 53.7 Å². The maximum absolute atomic E-state index is 13.5. The molecule has 24 heavy (non-hydrogen) atoms. The van der Waals surface area contributed by atoms with Crippen molar-refractivity contribution in [2.75, 3.05) is 11.1 Å². The van der Waals surface area contributed by atoms with Gasteiger partial charge in [-0.25, -0.2) is 9.37 Å². The summed E-state index contributed by atoms with van der Waals surface area (Å²) >= 11 is 2.53. The second-order valence-corrected chi connectivity index (χ2v) is 7.04. The van der Waals surface area contributed by atoms with Crippen molar-refractivity contribution in [1.29, 1.82) is 0 Å². The molecule has 7 heteroatoms. The maximum atomic E-state index is 13.5. The Hall–Kier alpha value is -2.25.